The van der Waals surface area contributed by atoms with E-state index in [2.05, 4.69) is 10.2 Å². The Morgan fingerprint density at radius 2 is 1.67 bits per heavy atom. The molecule has 0 aromatic heterocycles. The summed E-state index contributed by atoms with van der Waals surface area (Å²) in [5.41, 5.74) is 2.09. The fourth-order valence-corrected chi connectivity index (χ4v) is 5.05. The molecule has 3 aromatic rings. The van der Waals surface area contributed by atoms with Crippen molar-refractivity contribution in [3.8, 4) is 0 Å². The number of benzene rings is 3. The first-order valence-electron chi connectivity index (χ1n) is 10.4. The number of nitrogens with one attached hydrogen (secondary N) is 1. The van der Waals surface area contributed by atoms with Gasteiger partial charge in [-0.3, -0.25) is 9.10 Å². The van der Waals surface area contributed by atoms with Gasteiger partial charge in [-0.1, -0.05) is 41.9 Å². The van der Waals surface area contributed by atoms with E-state index in [1.807, 2.05) is 24.3 Å². The van der Waals surface area contributed by atoms with Crippen molar-refractivity contribution in [2.75, 3.05) is 47.9 Å². The van der Waals surface area contributed by atoms with Gasteiger partial charge in [0.05, 0.1) is 45.8 Å². The van der Waals surface area contributed by atoms with Crippen molar-refractivity contribution >= 4 is 44.6 Å². The molecule has 1 aliphatic heterocycles. The van der Waals surface area contributed by atoms with Crippen LogP contribution < -0.4 is 14.5 Å². The summed E-state index contributed by atoms with van der Waals surface area (Å²) >= 11 is 6.30. The average molecular weight is 486 g/mol. The number of hydrogen-bond donors (Lipinski definition) is 1. The molecule has 1 N–H and O–H groups in total. The lowest BCUT2D eigenvalue weighted by molar-refractivity contribution is 0.102. The molecule has 172 valence electrons. The molecule has 0 saturated carbocycles. The van der Waals surface area contributed by atoms with E-state index in [4.69, 9.17) is 16.3 Å². The molecule has 1 heterocycles. The van der Waals surface area contributed by atoms with Crippen LogP contribution in [0.25, 0.3) is 0 Å². The summed E-state index contributed by atoms with van der Waals surface area (Å²) in [5.74, 6) is -0.486. The SMILES string of the molecule is CN(c1ccccc1)S(=O)(=O)c1ccc(Cl)c(C(=O)Nc2ccccc2N2CCOCC2)c1. The van der Waals surface area contributed by atoms with Crippen LogP contribution in [0.1, 0.15) is 10.4 Å². The van der Waals surface area contributed by atoms with E-state index >= 15 is 0 Å². The molecule has 0 aliphatic carbocycles. The van der Waals surface area contributed by atoms with Crippen molar-refractivity contribution in [1.29, 1.82) is 0 Å². The maximum Gasteiger partial charge on any atom is 0.264 e. The molecule has 0 unspecified atom stereocenters. The lowest BCUT2D eigenvalue weighted by Gasteiger charge is -2.30. The number of rotatable bonds is 6. The highest BCUT2D eigenvalue weighted by Gasteiger charge is 2.24. The Morgan fingerprint density at radius 1 is 1.00 bits per heavy atom. The first-order chi connectivity index (χ1) is 15.9. The summed E-state index contributed by atoms with van der Waals surface area (Å²) in [6.45, 7) is 2.66. The zero-order valence-electron chi connectivity index (χ0n) is 18.1. The zero-order chi connectivity index (χ0) is 23.4. The summed E-state index contributed by atoms with van der Waals surface area (Å²) in [4.78, 5) is 15.3. The van der Waals surface area contributed by atoms with Gasteiger partial charge in [0.15, 0.2) is 0 Å². The topological polar surface area (TPSA) is 79.0 Å². The maximum absolute atomic E-state index is 13.2. The van der Waals surface area contributed by atoms with Gasteiger partial charge in [0.1, 0.15) is 0 Å². The highest BCUT2D eigenvalue weighted by atomic mass is 35.5. The van der Waals surface area contributed by atoms with Crippen molar-refractivity contribution in [2.24, 2.45) is 0 Å². The molecule has 1 aliphatic rings. The molecule has 0 bridgehead atoms. The minimum Gasteiger partial charge on any atom is -0.378 e. The van der Waals surface area contributed by atoms with Crippen LogP contribution in [0, 0.1) is 0 Å². The van der Waals surface area contributed by atoms with E-state index in [1.165, 1.54) is 29.6 Å². The van der Waals surface area contributed by atoms with Gasteiger partial charge in [0.2, 0.25) is 0 Å². The molecule has 33 heavy (non-hydrogen) atoms. The fraction of sp³-hybridized carbons (Fsp3) is 0.208. The number of halogens is 1. The summed E-state index contributed by atoms with van der Waals surface area (Å²) in [7, 11) is -2.42. The Bertz CT molecular complexity index is 1250. The van der Waals surface area contributed by atoms with Crippen molar-refractivity contribution in [3.05, 3.63) is 83.4 Å². The van der Waals surface area contributed by atoms with Crippen LogP contribution in [-0.2, 0) is 14.8 Å². The number of morpholine rings is 1. The third kappa shape index (κ3) is 4.98. The molecule has 1 saturated heterocycles. The lowest BCUT2D eigenvalue weighted by atomic mass is 10.2. The summed E-state index contributed by atoms with van der Waals surface area (Å²) in [6.07, 6.45) is 0. The Kier molecular flexibility index (Phi) is 6.88. The van der Waals surface area contributed by atoms with Crippen LogP contribution in [0.2, 0.25) is 5.02 Å². The van der Waals surface area contributed by atoms with Crippen LogP contribution >= 0.6 is 11.6 Å². The van der Waals surface area contributed by atoms with E-state index in [1.54, 1.807) is 30.3 Å². The maximum atomic E-state index is 13.2. The molecule has 0 radical (unpaired) electrons. The molecule has 4 rings (SSSR count). The summed E-state index contributed by atoms with van der Waals surface area (Å²) in [5, 5.41) is 3.05. The van der Waals surface area contributed by atoms with Gasteiger partial charge < -0.3 is 15.0 Å². The molecular formula is C24H24ClN3O4S. The Morgan fingerprint density at radius 3 is 2.39 bits per heavy atom. The first kappa shape index (κ1) is 23.1. The second-order valence-electron chi connectivity index (χ2n) is 7.52. The Labute approximate surface area is 198 Å². The van der Waals surface area contributed by atoms with E-state index in [-0.39, 0.29) is 15.5 Å². The molecule has 1 fully saturated rings. The van der Waals surface area contributed by atoms with Gasteiger partial charge in [-0.25, -0.2) is 8.42 Å². The first-order valence-corrected chi connectivity index (χ1v) is 12.3. The van der Waals surface area contributed by atoms with Gasteiger partial charge >= 0.3 is 0 Å². The number of carbonyl (C=O) groups is 1. The molecule has 0 atom stereocenters. The molecule has 3 aromatic carbocycles. The number of hydrogen-bond acceptors (Lipinski definition) is 5. The Balaban J connectivity index is 1.62. The van der Waals surface area contributed by atoms with E-state index in [9.17, 15) is 13.2 Å². The molecule has 0 spiro atoms. The third-order valence-corrected chi connectivity index (χ3v) is 7.58. The normalized spacial score (nSPS) is 14.1. The predicted octanol–water partition coefficient (Wildman–Crippen LogP) is 4.25. The molecule has 9 heteroatoms. The number of para-hydroxylation sites is 3. The third-order valence-electron chi connectivity index (χ3n) is 5.46. The van der Waals surface area contributed by atoms with Gasteiger partial charge in [-0.2, -0.15) is 0 Å². The molecule has 1 amide bonds. The molecular weight excluding hydrogens is 462 g/mol. The van der Waals surface area contributed by atoms with Crippen molar-refractivity contribution in [2.45, 2.75) is 4.90 Å². The summed E-state index contributed by atoms with van der Waals surface area (Å²) in [6, 6.07) is 20.3. The van der Waals surface area contributed by atoms with Gasteiger partial charge in [-0.15, -0.1) is 0 Å². The minimum absolute atomic E-state index is 0.0233. The molecule has 7 nitrogen and oxygen atoms in total. The average Bonchev–Trinajstić information content (AvgIpc) is 2.85. The van der Waals surface area contributed by atoms with Crippen molar-refractivity contribution < 1.29 is 17.9 Å². The van der Waals surface area contributed by atoms with Crippen LogP contribution in [0.4, 0.5) is 17.1 Å². The second kappa shape index (κ2) is 9.82. The monoisotopic (exact) mass is 485 g/mol. The van der Waals surface area contributed by atoms with Gasteiger partial charge in [0.25, 0.3) is 15.9 Å². The summed E-state index contributed by atoms with van der Waals surface area (Å²) < 4.78 is 32.9. The van der Waals surface area contributed by atoms with Crippen LogP contribution in [0.3, 0.4) is 0 Å². The van der Waals surface area contributed by atoms with Crippen molar-refractivity contribution in [3.63, 3.8) is 0 Å². The number of sulfonamides is 1. The van der Waals surface area contributed by atoms with Crippen LogP contribution in [-0.4, -0.2) is 47.7 Å². The standard InChI is InChI=1S/C24H24ClN3O4S/c1-27(18-7-3-2-4-8-18)33(30,31)19-11-12-21(25)20(17-19)24(29)26-22-9-5-6-10-23(22)28-13-15-32-16-14-28/h2-12,17H,13-16H2,1H3,(H,26,29). The number of carbonyl (C=O) groups excluding carboxylic acids is 1. The van der Waals surface area contributed by atoms with Crippen molar-refractivity contribution in [1.82, 2.24) is 0 Å². The van der Waals surface area contributed by atoms with Gasteiger partial charge in [-0.05, 0) is 42.5 Å². The smallest absolute Gasteiger partial charge is 0.264 e. The van der Waals surface area contributed by atoms with E-state index in [0.29, 0.717) is 37.7 Å². The van der Waals surface area contributed by atoms with Crippen LogP contribution in [0.15, 0.2) is 77.7 Å². The highest BCUT2D eigenvalue weighted by molar-refractivity contribution is 7.92. The fourth-order valence-electron chi connectivity index (χ4n) is 3.62. The largest absolute Gasteiger partial charge is 0.378 e. The number of amides is 1. The number of anilines is 3. The Hall–Kier alpha value is -3.07. The highest BCUT2D eigenvalue weighted by Crippen LogP contribution is 2.29. The lowest BCUT2D eigenvalue weighted by Crippen LogP contribution is -2.36. The zero-order valence-corrected chi connectivity index (χ0v) is 19.6. The minimum atomic E-state index is -3.89. The quantitative estimate of drug-likeness (QED) is 0.564. The number of nitrogens with zero attached hydrogens (tertiary/aromatic N) is 2. The van der Waals surface area contributed by atoms with E-state index in [0.717, 1.165) is 5.69 Å². The second-order valence-corrected chi connectivity index (χ2v) is 9.90. The predicted molar refractivity (Wildman–Crippen MR) is 131 cm³/mol. The van der Waals surface area contributed by atoms with Gasteiger partial charge in [0, 0.05) is 20.1 Å². The van der Waals surface area contributed by atoms with E-state index < -0.39 is 15.9 Å². The number of ether oxygens (including phenoxy) is 1. The van der Waals surface area contributed by atoms with Crippen LogP contribution in [0.5, 0.6) is 0 Å².